The first-order valence-electron chi connectivity index (χ1n) is 6.56. The Hall–Kier alpha value is -1.19. The van der Waals surface area contributed by atoms with Gasteiger partial charge >= 0.3 is 0 Å². The monoisotopic (exact) mass is 361 g/mol. The highest BCUT2D eigenvalue weighted by atomic mass is 32.2. The normalized spacial score (nSPS) is 11.8. The maximum Gasteiger partial charge on any atom is 0.238 e. The standard InChI is InChI=1S/C13H16FN3O2S3/c1-9(2)7-20-13-16-15-12(21-13)17-22(18,19)8-10-5-3-4-6-11(10)14/h3-6,9H,7-8H2,1-2H3,(H,15,17). The number of sulfonamides is 1. The molecule has 5 nitrogen and oxygen atoms in total. The SMILES string of the molecule is CC(C)CSc1nnc(NS(=O)(=O)Cc2ccccc2F)s1. The molecule has 1 heterocycles. The molecule has 0 aliphatic heterocycles. The van der Waals surface area contributed by atoms with Crippen molar-refractivity contribution in [2.45, 2.75) is 23.9 Å². The van der Waals surface area contributed by atoms with Crippen LogP contribution in [0.3, 0.4) is 0 Å². The summed E-state index contributed by atoms with van der Waals surface area (Å²) < 4.78 is 40.7. The zero-order valence-electron chi connectivity index (χ0n) is 12.1. The van der Waals surface area contributed by atoms with Gasteiger partial charge in [0, 0.05) is 11.3 Å². The molecule has 0 aliphatic carbocycles. The number of aromatic nitrogens is 2. The van der Waals surface area contributed by atoms with E-state index in [4.69, 9.17) is 0 Å². The topological polar surface area (TPSA) is 72.0 Å². The lowest BCUT2D eigenvalue weighted by Gasteiger charge is -2.05. The van der Waals surface area contributed by atoms with E-state index in [0.29, 0.717) is 10.3 Å². The fourth-order valence-electron chi connectivity index (χ4n) is 1.54. The van der Waals surface area contributed by atoms with Crippen LogP contribution < -0.4 is 4.72 Å². The van der Waals surface area contributed by atoms with Crippen LogP contribution in [0.15, 0.2) is 28.6 Å². The Morgan fingerprint density at radius 2 is 2.05 bits per heavy atom. The van der Waals surface area contributed by atoms with E-state index in [1.54, 1.807) is 6.07 Å². The maximum atomic E-state index is 13.5. The largest absolute Gasteiger partial charge is 0.257 e. The second kappa shape index (κ2) is 7.38. The van der Waals surface area contributed by atoms with Crippen molar-refractivity contribution < 1.29 is 12.8 Å². The van der Waals surface area contributed by atoms with Crippen LogP contribution in [-0.4, -0.2) is 24.4 Å². The quantitative estimate of drug-likeness (QED) is 0.766. The average molecular weight is 361 g/mol. The molecule has 0 bridgehead atoms. The first-order valence-corrected chi connectivity index (χ1v) is 10.0. The van der Waals surface area contributed by atoms with E-state index in [1.807, 2.05) is 0 Å². The predicted octanol–water partition coefficient (Wildman–Crippen LogP) is 3.37. The van der Waals surface area contributed by atoms with Gasteiger partial charge < -0.3 is 0 Å². The highest BCUT2D eigenvalue weighted by Crippen LogP contribution is 2.27. The van der Waals surface area contributed by atoms with Crippen molar-refractivity contribution >= 4 is 38.3 Å². The van der Waals surface area contributed by atoms with E-state index in [1.165, 1.54) is 41.3 Å². The van der Waals surface area contributed by atoms with Gasteiger partial charge in [0.25, 0.3) is 0 Å². The number of thioether (sulfide) groups is 1. The molecule has 0 saturated carbocycles. The second-order valence-corrected chi connectivity index (χ2v) is 9.00. The summed E-state index contributed by atoms with van der Waals surface area (Å²) in [5.74, 6) is 0.415. The van der Waals surface area contributed by atoms with Gasteiger partial charge in [-0.2, -0.15) is 0 Å². The summed E-state index contributed by atoms with van der Waals surface area (Å²) in [7, 11) is -3.72. The van der Waals surface area contributed by atoms with Crippen LogP contribution in [0, 0.1) is 11.7 Å². The van der Waals surface area contributed by atoms with E-state index in [-0.39, 0.29) is 10.7 Å². The molecule has 2 rings (SSSR count). The molecule has 1 aromatic heterocycles. The van der Waals surface area contributed by atoms with Gasteiger partial charge in [-0.15, -0.1) is 10.2 Å². The third-order valence-electron chi connectivity index (χ3n) is 2.49. The van der Waals surface area contributed by atoms with Crippen LogP contribution >= 0.6 is 23.1 Å². The Bertz CT molecular complexity index is 732. The van der Waals surface area contributed by atoms with Crippen LogP contribution in [-0.2, 0) is 15.8 Å². The molecule has 1 aromatic carbocycles. The van der Waals surface area contributed by atoms with Gasteiger partial charge in [-0.25, -0.2) is 12.8 Å². The summed E-state index contributed by atoms with van der Waals surface area (Å²) in [6, 6.07) is 5.79. The number of rotatable bonds is 7. The summed E-state index contributed by atoms with van der Waals surface area (Å²) in [5.41, 5.74) is 0.119. The molecule has 0 aliphatic rings. The number of benzene rings is 1. The highest BCUT2D eigenvalue weighted by molar-refractivity contribution is 8.01. The Labute approximate surface area is 137 Å². The fraction of sp³-hybridized carbons (Fsp3) is 0.385. The molecule has 22 heavy (non-hydrogen) atoms. The summed E-state index contributed by atoms with van der Waals surface area (Å²) in [6.45, 7) is 4.18. The molecule has 0 atom stereocenters. The average Bonchev–Trinajstić information content (AvgIpc) is 2.85. The lowest BCUT2D eigenvalue weighted by atomic mass is 10.2. The van der Waals surface area contributed by atoms with Crippen molar-refractivity contribution in [1.82, 2.24) is 10.2 Å². The van der Waals surface area contributed by atoms with E-state index in [2.05, 4.69) is 28.8 Å². The molecule has 0 unspecified atom stereocenters. The minimum Gasteiger partial charge on any atom is -0.257 e. The minimum absolute atomic E-state index is 0.119. The minimum atomic E-state index is -3.72. The molecule has 0 spiro atoms. The van der Waals surface area contributed by atoms with Crippen LogP contribution in [0.4, 0.5) is 9.52 Å². The van der Waals surface area contributed by atoms with Crippen LogP contribution in [0.25, 0.3) is 0 Å². The number of halogens is 1. The first kappa shape index (κ1) is 17.2. The van der Waals surface area contributed by atoms with Crippen LogP contribution in [0.1, 0.15) is 19.4 Å². The summed E-state index contributed by atoms with van der Waals surface area (Å²) in [5, 5.41) is 7.93. The van der Waals surface area contributed by atoms with E-state index in [9.17, 15) is 12.8 Å². The fourth-order valence-corrected chi connectivity index (χ4v) is 4.69. The predicted molar refractivity (Wildman–Crippen MR) is 88.1 cm³/mol. The van der Waals surface area contributed by atoms with Crippen molar-refractivity contribution in [3.63, 3.8) is 0 Å². The van der Waals surface area contributed by atoms with Gasteiger partial charge in [0.15, 0.2) is 4.34 Å². The zero-order valence-corrected chi connectivity index (χ0v) is 14.6. The Morgan fingerprint density at radius 3 is 2.73 bits per heavy atom. The lowest BCUT2D eigenvalue weighted by molar-refractivity contribution is 0.591. The van der Waals surface area contributed by atoms with Crippen molar-refractivity contribution in [2.24, 2.45) is 5.92 Å². The van der Waals surface area contributed by atoms with Gasteiger partial charge in [0.2, 0.25) is 15.2 Å². The molecule has 0 radical (unpaired) electrons. The Balaban J connectivity index is 2.01. The van der Waals surface area contributed by atoms with E-state index >= 15 is 0 Å². The maximum absolute atomic E-state index is 13.5. The number of nitrogens with one attached hydrogen (secondary N) is 1. The number of nitrogens with zero attached hydrogens (tertiary/aromatic N) is 2. The van der Waals surface area contributed by atoms with Crippen molar-refractivity contribution in [1.29, 1.82) is 0 Å². The summed E-state index contributed by atoms with van der Waals surface area (Å²) >= 11 is 2.71. The molecule has 0 amide bonds. The molecular formula is C13H16FN3O2S3. The third-order valence-corrected chi connectivity index (χ3v) is 6.22. The molecule has 120 valence electrons. The Kier molecular flexibility index (Phi) is 5.76. The van der Waals surface area contributed by atoms with Crippen LogP contribution in [0.2, 0.25) is 0 Å². The highest BCUT2D eigenvalue weighted by Gasteiger charge is 2.17. The summed E-state index contributed by atoms with van der Waals surface area (Å²) in [4.78, 5) is 0. The number of hydrogen-bond acceptors (Lipinski definition) is 6. The van der Waals surface area contributed by atoms with Gasteiger partial charge in [0.05, 0.1) is 5.75 Å². The first-order chi connectivity index (χ1) is 10.4. The van der Waals surface area contributed by atoms with E-state index < -0.39 is 21.6 Å². The van der Waals surface area contributed by atoms with Gasteiger partial charge in [-0.1, -0.05) is 55.1 Å². The molecule has 2 aromatic rings. The smallest absolute Gasteiger partial charge is 0.238 e. The number of hydrogen-bond donors (Lipinski definition) is 1. The van der Waals surface area contributed by atoms with Gasteiger partial charge in [-0.05, 0) is 12.0 Å². The lowest BCUT2D eigenvalue weighted by Crippen LogP contribution is -2.15. The van der Waals surface area contributed by atoms with Crippen molar-refractivity contribution in [2.75, 3.05) is 10.5 Å². The molecule has 9 heteroatoms. The van der Waals surface area contributed by atoms with Gasteiger partial charge in [-0.3, -0.25) is 4.72 Å². The molecule has 0 fully saturated rings. The second-order valence-electron chi connectivity index (χ2n) is 5.03. The van der Waals surface area contributed by atoms with Crippen molar-refractivity contribution in [3.8, 4) is 0 Å². The summed E-state index contributed by atoms with van der Waals surface area (Å²) in [6.07, 6.45) is 0. The number of anilines is 1. The third kappa shape index (κ3) is 5.22. The van der Waals surface area contributed by atoms with Crippen molar-refractivity contribution in [3.05, 3.63) is 35.6 Å². The van der Waals surface area contributed by atoms with E-state index in [0.717, 1.165) is 5.75 Å². The van der Waals surface area contributed by atoms with Crippen LogP contribution in [0.5, 0.6) is 0 Å². The Morgan fingerprint density at radius 1 is 1.32 bits per heavy atom. The molecule has 0 saturated heterocycles. The molecular weight excluding hydrogens is 345 g/mol. The zero-order chi connectivity index (χ0) is 16.2. The molecule has 1 N–H and O–H groups in total. The van der Waals surface area contributed by atoms with Gasteiger partial charge in [0.1, 0.15) is 5.82 Å².